The summed E-state index contributed by atoms with van der Waals surface area (Å²) in [5, 5.41) is 13.7. The van der Waals surface area contributed by atoms with E-state index in [1.807, 2.05) is 6.92 Å². The van der Waals surface area contributed by atoms with Gasteiger partial charge in [-0.1, -0.05) is 12.1 Å². The molecule has 1 aromatic rings. The molecule has 1 fully saturated rings. The molecule has 0 radical (unpaired) electrons. The van der Waals surface area contributed by atoms with Crippen LogP contribution >= 0.6 is 0 Å². The fourth-order valence-corrected chi connectivity index (χ4v) is 1.94. The van der Waals surface area contributed by atoms with Crippen LogP contribution in [0.1, 0.15) is 25.8 Å². The average molecular weight is 262 g/mol. The summed E-state index contributed by atoms with van der Waals surface area (Å²) in [4.78, 5) is 11.8. The van der Waals surface area contributed by atoms with E-state index in [0.717, 1.165) is 6.42 Å². The van der Waals surface area contributed by atoms with Crippen LogP contribution in [0.4, 0.5) is 0 Å². The second-order valence-electron chi connectivity index (χ2n) is 4.67. The summed E-state index contributed by atoms with van der Waals surface area (Å²) in [6, 6.07) is 6.85. The molecular formula is C13H18N4O2. The number of benzene rings is 1. The first kappa shape index (κ1) is 13.5. The lowest BCUT2D eigenvalue weighted by Crippen LogP contribution is -2.41. The molecule has 0 aliphatic carbocycles. The first-order valence-corrected chi connectivity index (χ1v) is 6.21. The maximum absolute atomic E-state index is 11.8. The molecule has 6 nitrogen and oxygen atoms in total. The second-order valence-corrected chi connectivity index (χ2v) is 4.67. The number of nitrogens with one attached hydrogen (secondary N) is 3. The number of aromatic hydroxyl groups is 1. The van der Waals surface area contributed by atoms with Gasteiger partial charge in [0, 0.05) is 11.6 Å². The van der Waals surface area contributed by atoms with Crippen molar-refractivity contribution in [1.82, 2.24) is 16.3 Å². The minimum atomic E-state index is -0.282. The van der Waals surface area contributed by atoms with Gasteiger partial charge in [0.1, 0.15) is 11.8 Å². The van der Waals surface area contributed by atoms with Crippen LogP contribution in [0.3, 0.4) is 0 Å². The first-order valence-electron chi connectivity index (χ1n) is 6.21. The van der Waals surface area contributed by atoms with Crippen LogP contribution in [-0.2, 0) is 4.79 Å². The summed E-state index contributed by atoms with van der Waals surface area (Å²) in [5.41, 5.74) is 9.55. The lowest BCUT2D eigenvalue weighted by molar-refractivity contribution is -0.122. The maximum Gasteiger partial charge on any atom is 0.258 e. The first-order chi connectivity index (χ1) is 9.08. The Morgan fingerprint density at radius 1 is 1.42 bits per heavy atom. The molecule has 2 rings (SSSR count). The smallest absolute Gasteiger partial charge is 0.258 e. The summed E-state index contributed by atoms with van der Waals surface area (Å²) in [5.74, 6) is -0.0427. The number of phenolic OH excluding ortho intramolecular Hbond substituents is 1. The van der Waals surface area contributed by atoms with Gasteiger partial charge >= 0.3 is 0 Å². The van der Waals surface area contributed by atoms with Crippen molar-refractivity contribution in [3.8, 4) is 5.75 Å². The zero-order valence-corrected chi connectivity index (χ0v) is 11.0. The fraction of sp³-hybridized carbons (Fsp3) is 0.385. The van der Waals surface area contributed by atoms with Crippen LogP contribution in [0.2, 0.25) is 0 Å². The van der Waals surface area contributed by atoms with Crippen LogP contribution in [0.15, 0.2) is 29.4 Å². The number of hydrazine groups is 1. The predicted molar refractivity (Wildman–Crippen MR) is 72.6 cm³/mol. The molecule has 0 spiro atoms. The summed E-state index contributed by atoms with van der Waals surface area (Å²) < 4.78 is 0. The molecule has 2 atom stereocenters. The van der Waals surface area contributed by atoms with E-state index in [1.165, 1.54) is 0 Å². The summed E-state index contributed by atoms with van der Waals surface area (Å²) in [6.07, 6.45) is 0.719. The summed E-state index contributed by atoms with van der Waals surface area (Å²) in [6.45, 7) is 3.73. The Hall–Kier alpha value is -1.92. The fourth-order valence-electron chi connectivity index (χ4n) is 1.94. The van der Waals surface area contributed by atoms with Gasteiger partial charge in [-0.25, -0.2) is 10.9 Å². The van der Waals surface area contributed by atoms with Gasteiger partial charge in [-0.15, -0.1) is 0 Å². The Labute approximate surface area is 111 Å². The third kappa shape index (κ3) is 3.30. The van der Waals surface area contributed by atoms with Crippen LogP contribution < -0.4 is 16.3 Å². The van der Waals surface area contributed by atoms with Gasteiger partial charge in [0.25, 0.3) is 5.91 Å². The molecule has 19 heavy (non-hydrogen) atoms. The van der Waals surface area contributed by atoms with E-state index in [4.69, 9.17) is 0 Å². The van der Waals surface area contributed by atoms with Gasteiger partial charge in [-0.05, 0) is 32.4 Å². The van der Waals surface area contributed by atoms with E-state index >= 15 is 0 Å². The third-order valence-corrected chi connectivity index (χ3v) is 3.04. The molecule has 2 unspecified atom stereocenters. The minimum Gasteiger partial charge on any atom is -0.507 e. The molecule has 102 valence electrons. The van der Waals surface area contributed by atoms with Crippen molar-refractivity contribution in [3.63, 3.8) is 0 Å². The van der Waals surface area contributed by atoms with E-state index in [2.05, 4.69) is 21.4 Å². The summed E-state index contributed by atoms with van der Waals surface area (Å²) >= 11 is 0. The van der Waals surface area contributed by atoms with Crippen molar-refractivity contribution in [3.05, 3.63) is 29.8 Å². The van der Waals surface area contributed by atoms with Crippen molar-refractivity contribution in [1.29, 1.82) is 0 Å². The van der Waals surface area contributed by atoms with Crippen molar-refractivity contribution in [2.75, 3.05) is 0 Å². The number of carbonyl (C=O) groups excluding carboxylic acids is 1. The normalized spacial score (nSPS) is 23.4. The van der Waals surface area contributed by atoms with Gasteiger partial charge < -0.3 is 5.11 Å². The number of rotatable bonds is 3. The molecule has 1 aromatic carbocycles. The van der Waals surface area contributed by atoms with Crippen molar-refractivity contribution < 1.29 is 9.90 Å². The highest BCUT2D eigenvalue weighted by Crippen LogP contribution is 2.16. The summed E-state index contributed by atoms with van der Waals surface area (Å²) in [7, 11) is 0. The number of para-hydroxylation sites is 1. The molecule has 4 N–H and O–H groups in total. The SMILES string of the molecule is C/C(=N/NC(=O)C1CC(C)NN1)c1ccccc1O. The van der Waals surface area contributed by atoms with Crippen molar-refractivity contribution in [2.45, 2.75) is 32.4 Å². The zero-order valence-electron chi connectivity index (χ0n) is 11.0. The Bertz CT molecular complexity index is 501. The van der Waals surface area contributed by atoms with Gasteiger partial charge in [0.05, 0.1) is 5.71 Å². The topological polar surface area (TPSA) is 85.8 Å². The lowest BCUT2D eigenvalue weighted by Gasteiger charge is -2.08. The predicted octanol–water partition coefficient (Wildman–Crippen LogP) is 0.487. The third-order valence-electron chi connectivity index (χ3n) is 3.04. The zero-order chi connectivity index (χ0) is 13.8. The average Bonchev–Trinajstić information content (AvgIpc) is 2.83. The van der Waals surface area contributed by atoms with Crippen molar-refractivity contribution >= 4 is 11.6 Å². The maximum atomic E-state index is 11.8. The molecular weight excluding hydrogens is 244 g/mol. The number of hydrogen-bond acceptors (Lipinski definition) is 5. The Balaban J connectivity index is 1.99. The minimum absolute atomic E-state index is 0.146. The largest absolute Gasteiger partial charge is 0.507 e. The number of amides is 1. The highest BCUT2D eigenvalue weighted by molar-refractivity contribution is 6.01. The highest BCUT2D eigenvalue weighted by atomic mass is 16.3. The molecule has 0 bridgehead atoms. The Kier molecular flexibility index (Phi) is 4.13. The van der Waals surface area contributed by atoms with E-state index in [0.29, 0.717) is 11.3 Å². The molecule has 6 heteroatoms. The molecule has 1 heterocycles. The van der Waals surface area contributed by atoms with Gasteiger partial charge in [-0.3, -0.25) is 10.2 Å². The number of hydrogen-bond donors (Lipinski definition) is 4. The van der Waals surface area contributed by atoms with E-state index < -0.39 is 0 Å². The molecule has 1 aliphatic rings. The Morgan fingerprint density at radius 3 is 2.79 bits per heavy atom. The van der Waals surface area contributed by atoms with Crippen LogP contribution in [0.25, 0.3) is 0 Å². The van der Waals surface area contributed by atoms with Gasteiger partial charge in [0.2, 0.25) is 0 Å². The van der Waals surface area contributed by atoms with Gasteiger partial charge in [-0.2, -0.15) is 5.10 Å². The van der Waals surface area contributed by atoms with E-state index in [-0.39, 0.29) is 23.7 Å². The molecule has 1 amide bonds. The quantitative estimate of drug-likeness (QED) is 0.472. The molecule has 1 saturated heterocycles. The van der Waals surface area contributed by atoms with Crippen molar-refractivity contribution in [2.24, 2.45) is 5.10 Å². The number of hydrazone groups is 1. The van der Waals surface area contributed by atoms with Crippen LogP contribution in [0, 0.1) is 0 Å². The van der Waals surface area contributed by atoms with Gasteiger partial charge in [0.15, 0.2) is 0 Å². The molecule has 0 aromatic heterocycles. The standard InChI is InChI=1S/C13H18N4O2/c1-8-7-11(16-14-8)13(19)17-15-9(2)10-5-3-4-6-12(10)18/h3-6,8,11,14,16,18H,7H2,1-2H3,(H,17,19)/b15-9-. The number of phenols is 1. The van der Waals surface area contributed by atoms with E-state index in [9.17, 15) is 9.90 Å². The lowest BCUT2D eigenvalue weighted by atomic mass is 10.1. The monoisotopic (exact) mass is 262 g/mol. The molecule has 0 saturated carbocycles. The van der Waals surface area contributed by atoms with Crippen LogP contribution in [0.5, 0.6) is 5.75 Å². The van der Waals surface area contributed by atoms with E-state index in [1.54, 1.807) is 31.2 Å². The molecule has 1 aliphatic heterocycles. The number of carbonyl (C=O) groups is 1. The van der Waals surface area contributed by atoms with Crippen LogP contribution in [-0.4, -0.2) is 28.8 Å². The Morgan fingerprint density at radius 2 is 2.16 bits per heavy atom. The number of nitrogens with zero attached hydrogens (tertiary/aromatic N) is 1. The highest BCUT2D eigenvalue weighted by Gasteiger charge is 2.26. The second kappa shape index (κ2) is 5.81.